The average Bonchev–Trinajstić information content (AvgIpc) is 2.89. The fourth-order valence-electron chi connectivity index (χ4n) is 3.94. The van der Waals surface area contributed by atoms with Crippen molar-refractivity contribution in [3.05, 3.63) is 36.2 Å². The van der Waals surface area contributed by atoms with E-state index < -0.39 is 17.2 Å². The first-order chi connectivity index (χ1) is 11.3. The molecule has 0 atom stereocenters. The molecule has 0 radical (unpaired) electrons. The lowest BCUT2D eigenvalue weighted by Crippen LogP contribution is -2.63. The number of hydrogen-bond acceptors (Lipinski definition) is 5. The number of hydrogen-bond donors (Lipinski definition) is 2. The van der Waals surface area contributed by atoms with Gasteiger partial charge >= 0.3 is 6.18 Å². The Morgan fingerprint density at radius 2 is 1.83 bits per heavy atom. The van der Waals surface area contributed by atoms with E-state index in [2.05, 4.69) is 15.5 Å². The van der Waals surface area contributed by atoms with Crippen molar-refractivity contribution in [3.63, 3.8) is 0 Å². The molecule has 4 rings (SSSR count). The minimum Gasteiger partial charge on any atom is -0.380 e. The largest absolute Gasteiger partial charge is 0.417 e. The third kappa shape index (κ3) is 2.45. The Kier molecular flexibility index (Phi) is 3.19. The zero-order valence-corrected chi connectivity index (χ0v) is 12.7. The lowest BCUT2D eigenvalue weighted by Gasteiger charge is -2.60. The quantitative estimate of drug-likeness (QED) is 0.891. The first-order valence-corrected chi connectivity index (χ1v) is 7.74. The molecule has 0 saturated heterocycles. The van der Waals surface area contributed by atoms with E-state index in [1.54, 1.807) is 0 Å². The van der Waals surface area contributed by atoms with Crippen LogP contribution in [0, 0.1) is 5.41 Å². The van der Waals surface area contributed by atoms with E-state index in [1.165, 1.54) is 0 Å². The van der Waals surface area contributed by atoms with E-state index in [0.717, 1.165) is 5.69 Å². The molecule has 2 saturated carbocycles. The molecule has 5 nitrogen and oxygen atoms in total. The van der Waals surface area contributed by atoms with Crippen LogP contribution in [-0.4, -0.2) is 27.0 Å². The third-order valence-corrected chi connectivity index (χ3v) is 5.04. The summed E-state index contributed by atoms with van der Waals surface area (Å²) in [4.78, 5) is 4.26. The second-order valence-electron chi connectivity index (χ2n) is 6.94. The first kappa shape index (κ1) is 15.4. The van der Waals surface area contributed by atoms with Gasteiger partial charge < -0.3 is 14.9 Å². The zero-order chi connectivity index (χ0) is 17.0. The van der Waals surface area contributed by atoms with Crippen LogP contribution in [0.4, 0.5) is 24.8 Å². The van der Waals surface area contributed by atoms with Gasteiger partial charge in [0.2, 0.25) is 5.89 Å². The highest BCUT2D eigenvalue weighted by Crippen LogP contribution is 2.68. The van der Waals surface area contributed by atoms with Gasteiger partial charge in [-0.1, -0.05) is 18.2 Å². The van der Waals surface area contributed by atoms with Crippen molar-refractivity contribution in [3.8, 4) is 0 Å². The maximum Gasteiger partial charge on any atom is 0.417 e. The maximum absolute atomic E-state index is 12.7. The zero-order valence-electron chi connectivity index (χ0n) is 12.7. The average molecular weight is 339 g/mol. The summed E-state index contributed by atoms with van der Waals surface area (Å²) in [5.74, 6) is 0.723. The van der Waals surface area contributed by atoms with Gasteiger partial charge in [-0.05, 0) is 48.4 Å². The van der Waals surface area contributed by atoms with Crippen molar-refractivity contribution in [2.75, 3.05) is 5.32 Å². The van der Waals surface area contributed by atoms with Crippen LogP contribution >= 0.6 is 0 Å². The number of anilines is 2. The summed E-state index contributed by atoms with van der Waals surface area (Å²) in [6.07, 6.45) is -3.94. The number of rotatable bonds is 3. The molecule has 2 N–H and O–H groups in total. The van der Waals surface area contributed by atoms with Gasteiger partial charge in [0, 0.05) is 11.6 Å². The van der Waals surface area contributed by atoms with E-state index in [1.807, 2.05) is 30.3 Å². The van der Waals surface area contributed by atoms with Crippen molar-refractivity contribution in [2.24, 2.45) is 5.41 Å². The van der Waals surface area contributed by atoms with Gasteiger partial charge in [-0.2, -0.15) is 18.2 Å². The Labute approximate surface area is 135 Å². The fourth-order valence-corrected chi connectivity index (χ4v) is 3.94. The lowest BCUT2D eigenvalue weighted by atomic mass is 9.46. The molecule has 24 heavy (non-hydrogen) atoms. The molecule has 2 aliphatic carbocycles. The summed E-state index contributed by atoms with van der Waals surface area (Å²) in [6.45, 7) is 0. The number of benzene rings is 1. The predicted molar refractivity (Wildman–Crippen MR) is 78.7 cm³/mol. The van der Waals surface area contributed by atoms with Crippen LogP contribution in [0.15, 0.2) is 34.9 Å². The minimum absolute atomic E-state index is 0.0402. The van der Waals surface area contributed by atoms with Gasteiger partial charge in [0.1, 0.15) is 0 Å². The molecule has 1 aromatic carbocycles. The lowest BCUT2D eigenvalue weighted by molar-refractivity contribution is -0.328. The van der Waals surface area contributed by atoms with Crippen LogP contribution in [-0.2, 0) is 0 Å². The highest BCUT2D eigenvalue weighted by Gasteiger charge is 2.70. The Hall–Kier alpha value is -2.09. The van der Waals surface area contributed by atoms with Gasteiger partial charge in [0.05, 0.1) is 0 Å². The summed E-state index contributed by atoms with van der Waals surface area (Å²) in [7, 11) is 0. The fraction of sp³-hybridized carbons (Fsp3) is 0.500. The summed E-state index contributed by atoms with van der Waals surface area (Å²) in [6, 6.07) is 9.36. The molecule has 8 heteroatoms. The van der Waals surface area contributed by atoms with Crippen molar-refractivity contribution in [2.45, 2.75) is 43.4 Å². The number of aliphatic hydroxyl groups is 1. The van der Waals surface area contributed by atoms with E-state index in [-0.39, 0.29) is 18.8 Å². The van der Waals surface area contributed by atoms with E-state index in [4.69, 9.17) is 4.52 Å². The van der Waals surface area contributed by atoms with Crippen LogP contribution < -0.4 is 5.32 Å². The van der Waals surface area contributed by atoms with E-state index >= 15 is 0 Å². The Balaban J connectivity index is 1.36. The Morgan fingerprint density at radius 3 is 2.46 bits per heavy atom. The third-order valence-electron chi connectivity index (χ3n) is 5.04. The Morgan fingerprint density at radius 1 is 1.17 bits per heavy atom. The molecular formula is C16H16F3N3O2. The van der Waals surface area contributed by atoms with Crippen molar-refractivity contribution >= 4 is 11.6 Å². The molecule has 0 unspecified atom stereocenters. The van der Waals surface area contributed by atoms with Gasteiger partial charge in [-0.25, -0.2) is 0 Å². The topological polar surface area (TPSA) is 71.2 Å². The number of aromatic nitrogens is 2. The molecule has 2 fully saturated rings. The molecule has 2 aromatic rings. The number of alkyl halides is 3. The molecule has 1 heterocycles. The molecule has 2 aliphatic rings. The molecule has 0 bridgehead atoms. The van der Waals surface area contributed by atoms with E-state index in [9.17, 15) is 18.3 Å². The summed E-state index contributed by atoms with van der Waals surface area (Å²) in [5, 5.41) is 16.4. The highest BCUT2D eigenvalue weighted by molar-refractivity contribution is 5.52. The maximum atomic E-state index is 12.7. The molecular weight excluding hydrogens is 323 g/mol. The monoisotopic (exact) mass is 339 g/mol. The van der Waals surface area contributed by atoms with E-state index in [0.29, 0.717) is 24.7 Å². The standard InChI is InChI=1S/C16H16F3N3O2/c17-16(18,19)15(23)8-14(9-15)6-10(7-14)12-21-13(22-24-12)20-11-4-2-1-3-5-11/h1-5,10,23H,6-9H2,(H,20,22). The number of nitrogens with zero attached hydrogens (tertiary/aromatic N) is 2. The summed E-state index contributed by atoms with van der Waals surface area (Å²) < 4.78 is 43.4. The smallest absolute Gasteiger partial charge is 0.380 e. The normalized spacial score (nSPS) is 32.2. The van der Waals surface area contributed by atoms with Gasteiger partial charge in [-0.3, -0.25) is 0 Å². The summed E-state index contributed by atoms with van der Waals surface area (Å²) >= 11 is 0. The predicted octanol–water partition coefficient (Wildman–Crippen LogP) is 3.76. The van der Waals surface area contributed by atoms with Crippen LogP contribution in [0.3, 0.4) is 0 Å². The molecule has 0 amide bonds. The highest BCUT2D eigenvalue weighted by atomic mass is 19.4. The van der Waals surface area contributed by atoms with Crippen molar-refractivity contribution in [1.82, 2.24) is 10.1 Å². The SMILES string of the molecule is OC1(C(F)(F)F)CC2(CC(c3nc(Nc4ccccc4)no3)C2)C1. The molecule has 128 valence electrons. The molecule has 1 aromatic heterocycles. The van der Waals surface area contributed by atoms with Gasteiger partial charge in [0.25, 0.3) is 5.95 Å². The van der Waals surface area contributed by atoms with Crippen LogP contribution in [0.25, 0.3) is 0 Å². The minimum atomic E-state index is -4.55. The Bertz CT molecular complexity index is 731. The van der Waals surface area contributed by atoms with Gasteiger partial charge in [0.15, 0.2) is 5.60 Å². The number of para-hydroxylation sites is 1. The van der Waals surface area contributed by atoms with Crippen molar-refractivity contribution < 1.29 is 22.8 Å². The first-order valence-electron chi connectivity index (χ1n) is 7.74. The van der Waals surface area contributed by atoms with Gasteiger partial charge in [-0.15, -0.1) is 0 Å². The van der Waals surface area contributed by atoms with Crippen molar-refractivity contribution in [1.29, 1.82) is 0 Å². The number of nitrogens with one attached hydrogen (secondary N) is 1. The molecule has 1 spiro atoms. The van der Waals surface area contributed by atoms with Crippen LogP contribution in [0.1, 0.15) is 37.5 Å². The number of halogens is 3. The van der Waals surface area contributed by atoms with Crippen LogP contribution in [0.5, 0.6) is 0 Å². The molecule has 0 aliphatic heterocycles. The second-order valence-corrected chi connectivity index (χ2v) is 6.94. The summed E-state index contributed by atoms with van der Waals surface area (Å²) in [5.41, 5.74) is -2.13. The van der Waals surface area contributed by atoms with Crippen LogP contribution in [0.2, 0.25) is 0 Å². The second kappa shape index (κ2) is 4.95.